The lowest BCUT2D eigenvalue weighted by Gasteiger charge is -2.10. The van der Waals surface area contributed by atoms with Crippen LogP contribution in [0.15, 0.2) is 48.0 Å². The van der Waals surface area contributed by atoms with Crippen molar-refractivity contribution < 1.29 is 23.8 Å². The molecule has 1 amide bonds. The van der Waals surface area contributed by atoms with E-state index in [1.54, 1.807) is 30.3 Å². The van der Waals surface area contributed by atoms with Gasteiger partial charge in [0.15, 0.2) is 11.5 Å². The first-order chi connectivity index (χ1) is 14.5. The summed E-state index contributed by atoms with van der Waals surface area (Å²) in [7, 11) is 2.97. The lowest BCUT2D eigenvalue weighted by molar-refractivity contribution is -0.117. The van der Waals surface area contributed by atoms with Crippen LogP contribution >= 0.6 is 0 Å². The van der Waals surface area contributed by atoms with Crippen LogP contribution in [0.4, 0.5) is 0 Å². The molecule has 0 atom stereocenters. The van der Waals surface area contributed by atoms with Gasteiger partial charge in [0.2, 0.25) is 0 Å². The van der Waals surface area contributed by atoms with Gasteiger partial charge in [0, 0.05) is 13.7 Å². The summed E-state index contributed by atoms with van der Waals surface area (Å²) < 4.78 is 15.6. The summed E-state index contributed by atoms with van der Waals surface area (Å²) in [6.07, 6.45) is 2.31. The SMILES string of the molecule is CCc1ccc(C(=O)Oc2ccc(/C=C(\C#N)C(=O)NCCOC)cc2OC)cc1. The molecular formula is C23H24N2O5. The van der Waals surface area contributed by atoms with Crippen LogP contribution in [0.2, 0.25) is 0 Å². The van der Waals surface area contributed by atoms with Crippen LogP contribution < -0.4 is 14.8 Å². The van der Waals surface area contributed by atoms with Crippen molar-refractivity contribution in [3.63, 3.8) is 0 Å². The fraction of sp³-hybridized carbons (Fsp3) is 0.261. The smallest absolute Gasteiger partial charge is 0.343 e. The van der Waals surface area contributed by atoms with Crippen LogP contribution in [0.5, 0.6) is 11.5 Å². The molecule has 0 unspecified atom stereocenters. The molecule has 0 saturated heterocycles. The molecule has 0 aliphatic carbocycles. The number of nitriles is 1. The molecule has 2 aromatic carbocycles. The van der Waals surface area contributed by atoms with Gasteiger partial charge < -0.3 is 19.5 Å². The Morgan fingerprint density at radius 3 is 2.43 bits per heavy atom. The van der Waals surface area contributed by atoms with Gasteiger partial charge in [-0.3, -0.25) is 4.79 Å². The average molecular weight is 408 g/mol. The van der Waals surface area contributed by atoms with E-state index in [1.807, 2.05) is 25.1 Å². The highest BCUT2D eigenvalue weighted by Crippen LogP contribution is 2.29. The number of carbonyl (C=O) groups excluding carboxylic acids is 2. The van der Waals surface area contributed by atoms with Gasteiger partial charge in [-0.25, -0.2) is 4.79 Å². The van der Waals surface area contributed by atoms with Crippen molar-refractivity contribution in [2.24, 2.45) is 0 Å². The van der Waals surface area contributed by atoms with Crippen molar-refractivity contribution in [3.05, 3.63) is 64.7 Å². The van der Waals surface area contributed by atoms with E-state index in [2.05, 4.69) is 5.32 Å². The molecule has 2 aromatic rings. The third kappa shape index (κ3) is 6.19. The van der Waals surface area contributed by atoms with Crippen LogP contribution in [-0.2, 0) is 16.0 Å². The highest BCUT2D eigenvalue weighted by Gasteiger charge is 2.14. The van der Waals surface area contributed by atoms with Gasteiger partial charge in [-0.1, -0.05) is 25.1 Å². The van der Waals surface area contributed by atoms with E-state index in [0.717, 1.165) is 12.0 Å². The van der Waals surface area contributed by atoms with Crippen LogP contribution in [0.25, 0.3) is 6.08 Å². The first kappa shape index (κ1) is 22.7. The predicted octanol–water partition coefficient (Wildman–Crippen LogP) is 3.15. The topological polar surface area (TPSA) is 97.7 Å². The second-order valence-electron chi connectivity index (χ2n) is 6.27. The Morgan fingerprint density at radius 2 is 1.83 bits per heavy atom. The molecule has 1 N–H and O–H groups in total. The molecule has 0 heterocycles. The van der Waals surface area contributed by atoms with Crippen molar-refractivity contribution in [1.82, 2.24) is 5.32 Å². The molecule has 0 bridgehead atoms. The lowest BCUT2D eigenvalue weighted by atomic mass is 10.1. The molecule has 30 heavy (non-hydrogen) atoms. The van der Waals surface area contributed by atoms with Crippen LogP contribution in [0.1, 0.15) is 28.4 Å². The van der Waals surface area contributed by atoms with E-state index in [9.17, 15) is 14.9 Å². The quantitative estimate of drug-likeness (QED) is 0.225. The van der Waals surface area contributed by atoms with Gasteiger partial charge in [-0.2, -0.15) is 5.26 Å². The Bertz CT molecular complexity index is 959. The largest absolute Gasteiger partial charge is 0.493 e. The van der Waals surface area contributed by atoms with Gasteiger partial charge in [0.05, 0.1) is 19.3 Å². The van der Waals surface area contributed by atoms with E-state index in [-0.39, 0.29) is 11.3 Å². The van der Waals surface area contributed by atoms with Gasteiger partial charge in [0.1, 0.15) is 11.6 Å². The van der Waals surface area contributed by atoms with Crippen molar-refractivity contribution in [1.29, 1.82) is 5.26 Å². The molecule has 7 heteroatoms. The zero-order valence-corrected chi connectivity index (χ0v) is 17.2. The molecule has 0 aliphatic heterocycles. The standard InChI is InChI=1S/C23H24N2O5/c1-4-16-5-8-18(9-6-16)23(27)30-20-10-7-17(14-21(20)29-3)13-19(15-24)22(26)25-11-12-28-2/h5-10,13-14H,4,11-12H2,1-3H3,(H,25,26)/b19-13+. The highest BCUT2D eigenvalue weighted by atomic mass is 16.6. The maximum Gasteiger partial charge on any atom is 0.343 e. The number of benzene rings is 2. The third-order valence-corrected chi connectivity index (χ3v) is 4.26. The first-order valence-electron chi connectivity index (χ1n) is 9.40. The molecule has 0 aromatic heterocycles. The van der Waals surface area contributed by atoms with E-state index in [4.69, 9.17) is 14.2 Å². The number of carbonyl (C=O) groups is 2. The second kappa shape index (κ2) is 11.4. The number of nitrogens with one attached hydrogen (secondary N) is 1. The van der Waals surface area contributed by atoms with E-state index >= 15 is 0 Å². The monoisotopic (exact) mass is 408 g/mol. The molecule has 0 fully saturated rings. The number of methoxy groups -OCH3 is 2. The maximum absolute atomic E-state index is 12.4. The fourth-order valence-corrected chi connectivity index (χ4v) is 2.57. The number of esters is 1. The maximum atomic E-state index is 12.4. The number of rotatable bonds is 9. The minimum Gasteiger partial charge on any atom is -0.493 e. The number of nitrogens with zero attached hydrogens (tertiary/aromatic N) is 1. The van der Waals surface area contributed by atoms with Crippen molar-refractivity contribution in [2.45, 2.75) is 13.3 Å². The van der Waals surface area contributed by atoms with Gasteiger partial charge in [0.25, 0.3) is 5.91 Å². The summed E-state index contributed by atoms with van der Waals surface area (Å²) in [6, 6.07) is 13.8. The zero-order valence-electron chi connectivity index (χ0n) is 17.2. The fourth-order valence-electron chi connectivity index (χ4n) is 2.57. The number of hydrogen-bond donors (Lipinski definition) is 1. The van der Waals surface area contributed by atoms with E-state index < -0.39 is 11.9 Å². The van der Waals surface area contributed by atoms with Crippen LogP contribution in [-0.4, -0.2) is 39.2 Å². The number of ether oxygens (including phenoxy) is 3. The summed E-state index contributed by atoms with van der Waals surface area (Å²) >= 11 is 0. The second-order valence-corrected chi connectivity index (χ2v) is 6.27. The molecule has 2 rings (SSSR count). The summed E-state index contributed by atoms with van der Waals surface area (Å²) in [5.41, 5.74) is 2.05. The van der Waals surface area contributed by atoms with Gasteiger partial charge in [-0.05, 0) is 47.9 Å². The Labute approximate surface area is 175 Å². The minimum absolute atomic E-state index is 0.0612. The summed E-state index contributed by atoms with van der Waals surface area (Å²) in [5, 5.41) is 11.9. The lowest BCUT2D eigenvalue weighted by Crippen LogP contribution is -2.27. The number of amides is 1. The molecule has 0 spiro atoms. The van der Waals surface area contributed by atoms with Crippen molar-refractivity contribution in [3.8, 4) is 17.6 Å². The Morgan fingerprint density at radius 1 is 1.10 bits per heavy atom. The molecule has 0 saturated carbocycles. The minimum atomic E-state index is -0.505. The molecular weight excluding hydrogens is 384 g/mol. The number of aryl methyl sites for hydroxylation is 1. The predicted molar refractivity (Wildman–Crippen MR) is 112 cm³/mol. The van der Waals surface area contributed by atoms with Crippen molar-refractivity contribution >= 4 is 18.0 Å². The Balaban J connectivity index is 2.17. The van der Waals surface area contributed by atoms with Crippen molar-refractivity contribution in [2.75, 3.05) is 27.4 Å². The van der Waals surface area contributed by atoms with E-state index in [0.29, 0.717) is 30.0 Å². The Kier molecular flexibility index (Phi) is 8.60. The third-order valence-electron chi connectivity index (χ3n) is 4.26. The van der Waals surface area contributed by atoms with Gasteiger partial charge in [-0.15, -0.1) is 0 Å². The molecule has 0 aliphatic rings. The highest BCUT2D eigenvalue weighted by molar-refractivity contribution is 6.01. The molecule has 0 radical (unpaired) electrons. The molecule has 156 valence electrons. The summed E-state index contributed by atoms with van der Waals surface area (Å²) in [5.74, 6) is -0.462. The molecule has 7 nitrogen and oxygen atoms in total. The average Bonchev–Trinajstić information content (AvgIpc) is 2.78. The first-order valence-corrected chi connectivity index (χ1v) is 9.40. The normalized spacial score (nSPS) is 10.8. The number of hydrogen-bond acceptors (Lipinski definition) is 6. The van der Waals surface area contributed by atoms with Crippen LogP contribution in [0.3, 0.4) is 0 Å². The van der Waals surface area contributed by atoms with E-state index in [1.165, 1.54) is 20.3 Å². The van der Waals surface area contributed by atoms with Crippen LogP contribution in [0, 0.1) is 11.3 Å². The Hall–Kier alpha value is -3.63. The zero-order chi connectivity index (χ0) is 21.9. The summed E-state index contributed by atoms with van der Waals surface area (Å²) in [4.78, 5) is 24.5. The van der Waals surface area contributed by atoms with Gasteiger partial charge >= 0.3 is 5.97 Å². The summed E-state index contributed by atoms with van der Waals surface area (Å²) in [6.45, 7) is 2.68.